The van der Waals surface area contributed by atoms with Crippen LogP contribution in [0, 0.1) is 20.8 Å². The molecule has 0 radical (unpaired) electrons. The molecule has 2 unspecified atom stereocenters. The molecule has 0 aliphatic rings. The Morgan fingerprint density at radius 1 is 0.927 bits per heavy atom. The molecule has 2 aromatic rings. The molecule has 226 valence electrons. The standard InChI is InChI=1S/C33H49N3O4S/c1-9-10-11-14-21-36(31(38)27(20-22-41-8)35-32(39)40-33(5,6)7)29(28-24(3)17-15-18-25(28)4)30(37)34-26-19-13-12-16-23(26)2/h12-13,15-19,27,29H,9-11,14,20-22H2,1-8H3,(H,34,37)(H,35,39). The molecule has 3 amide bonds. The van der Waals surface area contributed by atoms with E-state index < -0.39 is 23.8 Å². The van der Waals surface area contributed by atoms with Crippen LogP contribution in [-0.4, -0.2) is 53.0 Å². The Balaban J connectivity index is 2.60. The van der Waals surface area contributed by atoms with Gasteiger partial charge in [0.2, 0.25) is 5.91 Å². The lowest BCUT2D eigenvalue weighted by Crippen LogP contribution is -2.53. The van der Waals surface area contributed by atoms with E-state index in [2.05, 4.69) is 17.6 Å². The Morgan fingerprint density at radius 2 is 1.56 bits per heavy atom. The SMILES string of the molecule is CCCCCCN(C(=O)C(CCSC)NC(=O)OC(C)(C)C)C(C(=O)Nc1ccccc1C)c1c(C)cccc1C. The number of thioether (sulfide) groups is 1. The van der Waals surface area contributed by atoms with Crippen LogP contribution in [0.15, 0.2) is 42.5 Å². The summed E-state index contributed by atoms with van der Waals surface area (Å²) in [6.45, 7) is 13.8. The van der Waals surface area contributed by atoms with Gasteiger partial charge in [0, 0.05) is 12.2 Å². The Bertz CT molecular complexity index is 1140. The Kier molecular flexibility index (Phi) is 13.7. The number of carbonyl (C=O) groups excluding carboxylic acids is 3. The van der Waals surface area contributed by atoms with Crippen LogP contribution in [0.25, 0.3) is 0 Å². The van der Waals surface area contributed by atoms with E-state index in [-0.39, 0.29) is 11.8 Å². The highest BCUT2D eigenvalue weighted by atomic mass is 32.2. The van der Waals surface area contributed by atoms with E-state index in [0.29, 0.717) is 24.4 Å². The fourth-order valence-electron chi connectivity index (χ4n) is 4.82. The molecule has 2 rings (SSSR count). The highest BCUT2D eigenvalue weighted by Gasteiger charge is 2.37. The second kappa shape index (κ2) is 16.4. The van der Waals surface area contributed by atoms with Gasteiger partial charge in [0.05, 0.1) is 0 Å². The number of nitrogens with zero attached hydrogens (tertiary/aromatic N) is 1. The van der Waals surface area contributed by atoms with Gasteiger partial charge in [0.15, 0.2) is 0 Å². The zero-order valence-electron chi connectivity index (χ0n) is 26.1. The number of hydrogen-bond donors (Lipinski definition) is 2. The van der Waals surface area contributed by atoms with Crippen molar-refractivity contribution >= 4 is 35.4 Å². The summed E-state index contributed by atoms with van der Waals surface area (Å²) in [5, 5.41) is 5.93. The first kappa shape index (κ1) is 34.2. The summed E-state index contributed by atoms with van der Waals surface area (Å²) in [5.74, 6) is 0.106. The summed E-state index contributed by atoms with van der Waals surface area (Å²) in [7, 11) is 0. The molecule has 41 heavy (non-hydrogen) atoms. The normalized spacial score (nSPS) is 12.8. The molecule has 0 spiro atoms. The van der Waals surface area contributed by atoms with Crippen LogP contribution < -0.4 is 10.6 Å². The van der Waals surface area contributed by atoms with Crippen LogP contribution in [0.5, 0.6) is 0 Å². The Morgan fingerprint density at radius 3 is 2.15 bits per heavy atom. The van der Waals surface area contributed by atoms with E-state index in [1.54, 1.807) is 37.4 Å². The zero-order valence-corrected chi connectivity index (χ0v) is 27.0. The van der Waals surface area contributed by atoms with E-state index in [1.165, 1.54) is 0 Å². The van der Waals surface area contributed by atoms with Crippen LogP contribution in [0.1, 0.15) is 88.1 Å². The average molecular weight is 584 g/mol. The van der Waals surface area contributed by atoms with E-state index in [4.69, 9.17) is 4.74 Å². The third-order valence-corrected chi connectivity index (χ3v) is 7.56. The maximum Gasteiger partial charge on any atom is 0.408 e. The zero-order chi connectivity index (χ0) is 30.6. The van der Waals surface area contributed by atoms with Gasteiger partial charge in [-0.3, -0.25) is 9.59 Å². The molecule has 0 bridgehead atoms. The second-order valence-corrected chi connectivity index (χ2v) is 12.6. The van der Waals surface area contributed by atoms with E-state index >= 15 is 0 Å². The number of carbonyl (C=O) groups is 3. The van der Waals surface area contributed by atoms with Gasteiger partial charge in [0.1, 0.15) is 17.7 Å². The van der Waals surface area contributed by atoms with Crippen molar-refractivity contribution in [2.45, 2.75) is 98.3 Å². The fraction of sp³-hybridized carbons (Fsp3) is 0.545. The number of alkyl carbamates (subject to hydrolysis) is 1. The van der Waals surface area contributed by atoms with E-state index in [1.807, 2.05) is 69.5 Å². The van der Waals surface area contributed by atoms with Gasteiger partial charge in [-0.25, -0.2) is 4.79 Å². The van der Waals surface area contributed by atoms with Gasteiger partial charge >= 0.3 is 6.09 Å². The number of rotatable bonds is 14. The maximum atomic E-state index is 14.4. The molecule has 0 aliphatic heterocycles. The lowest BCUT2D eigenvalue weighted by atomic mass is 9.93. The first-order valence-electron chi connectivity index (χ1n) is 14.6. The molecule has 0 heterocycles. The summed E-state index contributed by atoms with van der Waals surface area (Å²) in [4.78, 5) is 43.2. The number of hydrogen-bond acceptors (Lipinski definition) is 5. The number of aryl methyl sites for hydroxylation is 3. The van der Waals surface area contributed by atoms with E-state index in [0.717, 1.165) is 47.9 Å². The number of benzene rings is 2. The van der Waals surface area contributed by atoms with Gasteiger partial charge in [-0.15, -0.1) is 0 Å². The topological polar surface area (TPSA) is 87.7 Å². The molecule has 2 N–H and O–H groups in total. The van der Waals surface area contributed by atoms with Crippen molar-refractivity contribution in [3.05, 3.63) is 64.7 Å². The third-order valence-electron chi connectivity index (χ3n) is 6.91. The van der Waals surface area contributed by atoms with Crippen molar-refractivity contribution in [3.63, 3.8) is 0 Å². The smallest absolute Gasteiger partial charge is 0.408 e. The number of anilines is 1. The Labute approximate surface area is 251 Å². The molecule has 0 fully saturated rings. The molecule has 2 aromatic carbocycles. The summed E-state index contributed by atoms with van der Waals surface area (Å²) in [6.07, 6.45) is 5.52. The molecule has 7 nitrogen and oxygen atoms in total. The summed E-state index contributed by atoms with van der Waals surface area (Å²) < 4.78 is 5.51. The average Bonchev–Trinajstić information content (AvgIpc) is 2.89. The predicted molar refractivity (Wildman–Crippen MR) is 170 cm³/mol. The first-order chi connectivity index (χ1) is 19.4. The number of unbranched alkanes of at least 4 members (excludes halogenated alkanes) is 3. The molecular formula is C33H49N3O4S. The number of nitrogens with one attached hydrogen (secondary N) is 2. The van der Waals surface area contributed by atoms with Gasteiger partial charge in [-0.1, -0.05) is 62.6 Å². The third kappa shape index (κ3) is 10.7. The second-order valence-electron chi connectivity index (χ2n) is 11.6. The largest absolute Gasteiger partial charge is 0.444 e. The predicted octanol–water partition coefficient (Wildman–Crippen LogP) is 7.35. The fourth-order valence-corrected chi connectivity index (χ4v) is 5.29. The number of para-hydroxylation sites is 1. The van der Waals surface area contributed by atoms with Gasteiger partial charge in [0.25, 0.3) is 5.91 Å². The van der Waals surface area contributed by atoms with Crippen molar-refractivity contribution < 1.29 is 19.1 Å². The van der Waals surface area contributed by atoms with Crippen molar-refractivity contribution in [2.24, 2.45) is 0 Å². The van der Waals surface area contributed by atoms with Crippen molar-refractivity contribution in [1.29, 1.82) is 0 Å². The minimum absolute atomic E-state index is 0.276. The van der Waals surface area contributed by atoms with Crippen LogP contribution in [0.4, 0.5) is 10.5 Å². The molecule has 0 aromatic heterocycles. The highest BCUT2D eigenvalue weighted by molar-refractivity contribution is 7.98. The molecule has 0 saturated heterocycles. The van der Waals surface area contributed by atoms with E-state index in [9.17, 15) is 14.4 Å². The molecule has 0 aliphatic carbocycles. The molecule has 2 atom stereocenters. The van der Waals surface area contributed by atoms with Gasteiger partial charge in [-0.05, 0) is 94.7 Å². The van der Waals surface area contributed by atoms with Gasteiger partial charge < -0.3 is 20.3 Å². The minimum atomic E-state index is -0.873. The first-order valence-corrected chi connectivity index (χ1v) is 16.0. The maximum absolute atomic E-state index is 14.4. The summed E-state index contributed by atoms with van der Waals surface area (Å²) in [5.41, 5.74) is 3.61. The number of ether oxygens (including phenoxy) is 1. The monoisotopic (exact) mass is 583 g/mol. The summed E-state index contributed by atoms with van der Waals surface area (Å²) >= 11 is 1.60. The van der Waals surface area contributed by atoms with Crippen molar-refractivity contribution in [2.75, 3.05) is 23.9 Å². The lowest BCUT2D eigenvalue weighted by Gasteiger charge is -2.36. The molecule has 0 saturated carbocycles. The van der Waals surface area contributed by atoms with Gasteiger partial charge in [-0.2, -0.15) is 11.8 Å². The van der Waals surface area contributed by atoms with Crippen LogP contribution in [0.3, 0.4) is 0 Å². The number of amides is 3. The minimum Gasteiger partial charge on any atom is -0.444 e. The lowest BCUT2D eigenvalue weighted by molar-refractivity contribution is -0.141. The quantitative estimate of drug-likeness (QED) is 0.227. The van der Waals surface area contributed by atoms with Crippen molar-refractivity contribution in [3.8, 4) is 0 Å². The van der Waals surface area contributed by atoms with Crippen LogP contribution in [-0.2, 0) is 14.3 Å². The highest BCUT2D eigenvalue weighted by Crippen LogP contribution is 2.31. The Hall–Kier alpha value is -3.00. The van der Waals surface area contributed by atoms with Crippen LogP contribution >= 0.6 is 11.8 Å². The molecule has 8 heteroatoms. The summed E-state index contributed by atoms with van der Waals surface area (Å²) in [6, 6.07) is 11.8. The van der Waals surface area contributed by atoms with Crippen molar-refractivity contribution in [1.82, 2.24) is 10.2 Å². The van der Waals surface area contributed by atoms with Crippen LogP contribution in [0.2, 0.25) is 0 Å². The molecular weight excluding hydrogens is 534 g/mol.